The third-order valence-electron chi connectivity index (χ3n) is 4.54. The first-order valence-electron chi connectivity index (χ1n) is 8.56. The van der Waals surface area contributed by atoms with Crippen molar-refractivity contribution in [3.8, 4) is 0 Å². The number of hydrogen-bond donors (Lipinski definition) is 1. The maximum Gasteiger partial charge on any atom is 0.322 e. The molecule has 1 N–H and O–H groups in total. The van der Waals surface area contributed by atoms with Crippen molar-refractivity contribution in [3.05, 3.63) is 17.5 Å². The molecule has 0 bridgehead atoms. The van der Waals surface area contributed by atoms with E-state index >= 15 is 0 Å². The van der Waals surface area contributed by atoms with E-state index in [1.54, 1.807) is 4.90 Å². The molecule has 2 aliphatic heterocycles. The predicted octanol–water partition coefficient (Wildman–Crippen LogP) is 2.63. The van der Waals surface area contributed by atoms with Gasteiger partial charge in [0.1, 0.15) is 0 Å². The number of ether oxygens (including phenoxy) is 1. The van der Waals surface area contributed by atoms with Gasteiger partial charge in [-0.25, -0.2) is 4.79 Å². The fourth-order valence-corrected chi connectivity index (χ4v) is 4.12. The molecule has 2 fully saturated rings. The summed E-state index contributed by atoms with van der Waals surface area (Å²) in [5, 5.41) is 5.67. The first kappa shape index (κ1) is 17.2. The number of rotatable bonds is 2. The molecule has 3 heterocycles. The second kappa shape index (κ2) is 7.53. The molecule has 3 rings (SSSR count). The zero-order valence-electron chi connectivity index (χ0n) is 14.2. The lowest BCUT2D eigenvalue weighted by Gasteiger charge is -2.39. The van der Waals surface area contributed by atoms with Gasteiger partial charge in [-0.2, -0.15) is 0 Å². The Balaban J connectivity index is 1.58. The van der Waals surface area contributed by atoms with Gasteiger partial charge in [0.2, 0.25) is 5.91 Å². The minimum atomic E-state index is -0.112. The first-order chi connectivity index (χ1) is 11.5. The smallest absolute Gasteiger partial charge is 0.322 e. The van der Waals surface area contributed by atoms with Crippen molar-refractivity contribution in [1.82, 2.24) is 9.80 Å². The van der Waals surface area contributed by atoms with Crippen LogP contribution < -0.4 is 5.32 Å². The molecule has 0 aliphatic carbocycles. The summed E-state index contributed by atoms with van der Waals surface area (Å²) in [7, 11) is 0. The van der Waals surface area contributed by atoms with Crippen LogP contribution in [0.1, 0.15) is 26.7 Å². The minimum Gasteiger partial charge on any atom is -0.372 e. The first-order valence-corrected chi connectivity index (χ1v) is 9.44. The maximum atomic E-state index is 12.8. The number of piperidine rings is 1. The molecule has 0 radical (unpaired) electrons. The Morgan fingerprint density at radius 1 is 1.21 bits per heavy atom. The standard InChI is InChI=1S/C17H25N3O3S/c1-12-9-20(10-13(2)23-12)16(21)14-5-3-7-19(11-14)17(22)18-15-6-4-8-24-15/h4,6,8,12-14H,3,5,7,9-11H2,1-2H3,(H,18,22). The van der Waals surface area contributed by atoms with Gasteiger partial charge in [-0.1, -0.05) is 0 Å². The van der Waals surface area contributed by atoms with Gasteiger partial charge in [-0.05, 0) is 44.2 Å². The van der Waals surface area contributed by atoms with Gasteiger partial charge < -0.3 is 14.5 Å². The number of anilines is 1. The zero-order chi connectivity index (χ0) is 17.1. The molecule has 2 saturated heterocycles. The molecule has 6 nitrogen and oxygen atoms in total. The zero-order valence-corrected chi connectivity index (χ0v) is 15.1. The van der Waals surface area contributed by atoms with Crippen LogP contribution >= 0.6 is 11.3 Å². The fraction of sp³-hybridized carbons (Fsp3) is 0.647. The molecule has 2 aliphatic rings. The van der Waals surface area contributed by atoms with Crippen molar-refractivity contribution in [3.63, 3.8) is 0 Å². The molecular formula is C17H25N3O3S. The molecule has 1 aromatic heterocycles. The highest BCUT2D eigenvalue weighted by atomic mass is 32.1. The van der Waals surface area contributed by atoms with Crippen molar-refractivity contribution in [2.75, 3.05) is 31.5 Å². The number of carbonyl (C=O) groups excluding carboxylic acids is 2. The van der Waals surface area contributed by atoms with Crippen LogP contribution in [0.25, 0.3) is 0 Å². The third-order valence-corrected chi connectivity index (χ3v) is 5.33. The van der Waals surface area contributed by atoms with E-state index in [0.717, 1.165) is 17.8 Å². The normalized spacial score (nSPS) is 27.8. The number of morpholine rings is 1. The number of nitrogens with zero attached hydrogens (tertiary/aromatic N) is 2. The lowest BCUT2D eigenvalue weighted by atomic mass is 9.96. The van der Waals surface area contributed by atoms with E-state index in [0.29, 0.717) is 26.2 Å². The van der Waals surface area contributed by atoms with E-state index in [1.165, 1.54) is 11.3 Å². The molecule has 3 unspecified atom stereocenters. The van der Waals surface area contributed by atoms with Gasteiger partial charge in [-0.3, -0.25) is 10.1 Å². The topological polar surface area (TPSA) is 61.9 Å². The van der Waals surface area contributed by atoms with E-state index in [1.807, 2.05) is 36.3 Å². The highest BCUT2D eigenvalue weighted by Crippen LogP contribution is 2.23. The number of urea groups is 1. The summed E-state index contributed by atoms with van der Waals surface area (Å²) in [6.07, 6.45) is 1.85. The highest BCUT2D eigenvalue weighted by Gasteiger charge is 2.34. The second-order valence-electron chi connectivity index (χ2n) is 6.69. The van der Waals surface area contributed by atoms with Crippen LogP contribution in [0.2, 0.25) is 0 Å². The van der Waals surface area contributed by atoms with Crippen LogP contribution in [0.4, 0.5) is 9.80 Å². The van der Waals surface area contributed by atoms with E-state index in [4.69, 9.17) is 4.74 Å². The summed E-state index contributed by atoms with van der Waals surface area (Å²) in [5.41, 5.74) is 0. The SMILES string of the molecule is CC1CN(C(=O)C2CCCN(C(=O)Nc3cccs3)C2)CC(C)O1. The lowest BCUT2D eigenvalue weighted by Crippen LogP contribution is -2.53. The average Bonchev–Trinajstić information content (AvgIpc) is 3.06. The van der Waals surface area contributed by atoms with Crippen molar-refractivity contribution in [2.24, 2.45) is 5.92 Å². The van der Waals surface area contributed by atoms with Crippen molar-refractivity contribution in [1.29, 1.82) is 0 Å². The van der Waals surface area contributed by atoms with Crippen LogP contribution in [0.15, 0.2) is 17.5 Å². The molecule has 0 aromatic carbocycles. The van der Waals surface area contributed by atoms with E-state index < -0.39 is 0 Å². The number of thiophene rings is 1. The summed E-state index contributed by atoms with van der Waals surface area (Å²) in [6, 6.07) is 3.67. The third kappa shape index (κ3) is 4.08. The summed E-state index contributed by atoms with van der Waals surface area (Å²) in [4.78, 5) is 28.9. The number of nitrogens with one attached hydrogen (secondary N) is 1. The average molecular weight is 351 g/mol. The highest BCUT2D eigenvalue weighted by molar-refractivity contribution is 7.14. The van der Waals surface area contributed by atoms with Crippen LogP contribution in [0.3, 0.4) is 0 Å². The van der Waals surface area contributed by atoms with Gasteiger partial charge in [0.25, 0.3) is 0 Å². The van der Waals surface area contributed by atoms with Crippen molar-refractivity contribution < 1.29 is 14.3 Å². The monoisotopic (exact) mass is 351 g/mol. The molecule has 1 aromatic rings. The molecule has 7 heteroatoms. The summed E-state index contributed by atoms with van der Waals surface area (Å²) >= 11 is 1.50. The molecule has 24 heavy (non-hydrogen) atoms. The molecule has 3 atom stereocenters. The molecule has 0 spiro atoms. The molecule has 132 valence electrons. The summed E-state index contributed by atoms with van der Waals surface area (Å²) < 4.78 is 5.70. The lowest BCUT2D eigenvalue weighted by molar-refractivity contribution is -0.148. The fourth-order valence-electron chi connectivity index (χ4n) is 3.51. The Hall–Kier alpha value is -1.60. The Kier molecular flexibility index (Phi) is 5.40. The molecular weight excluding hydrogens is 326 g/mol. The minimum absolute atomic E-state index is 0.0690. The Morgan fingerprint density at radius 2 is 1.96 bits per heavy atom. The van der Waals surface area contributed by atoms with Gasteiger partial charge >= 0.3 is 6.03 Å². The number of amides is 3. The predicted molar refractivity (Wildman–Crippen MR) is 94.2 cm³/mol. The van der Waals surface area contributed by atoms with Crippen LogP contribution in [-0.4, -0.2) is 60.1 Å². The van der Waals surface area contributed by atoms with Crippen molar-refractivity contribution in [2.45, 2.75) is 38.9 Å². The second-order valence-corrected chi connectivity index (χ2v) is 7.64. The van der Waals surface area contributed by atoms with Crippen LogP contribution in [0, 0.1) is 5.92 Å². The quantitative estimate of drug-likeness (QED) is 0.891. The van der Waals surface area contributed by atoms with Gasteiger partial charge in [-0.15, -0.1) is 11.3 Å². The van der Waals surface area contributed by atoms with Gasteiger partial charge in [0, 0.05) is 26.2 Å². The molecule has 3 amide bonds. The maximum absolute atomic E-state index is 12.8. The molecule has 0 saturated carbocycles. The largest absolute Gasteiger partial charge is 0.372 e. The summed E-state index contributed by atoms with van der Waals surface area (Å²) in [5.74, 6) is 0.0518. The number of hydrogen-bond acceptors (Lipinski definition) is 4. The Labute approximate surface area is 146 Å². The van der Waals surface area contributed by atoms with Crippen LogP contribution in [0.5, 0.6) is 0 Å². The van der Waals surface area contributed by atoms with Crippen LogP contribution in [-0.2, 0) is 9.53 Å². The van der Waals surface area contributed by atoms with Gasteiger partial charge in [0.05, 0.1) is 23.1 Å². The van der Waals surface area contributed by atoms with E-state index in [-0.39, 0.29) is 30.1 Å². The number of carbonyl (C=O) groups is 2. The Bertz CT molecular complexity index is 568. The van der Waals surface area contributed by atoms with E-state index in [9.17, 15) is 9.59 Å². The summed E-state index contributed by atoms with van der Waals surface area (Å²) in [6.45, 7) is 6.48. The van der Waals surface area contributed by atoms with Gasteiger partial charge in [0.15, 0.2) is 0 Å². The van der Waals surface area contributed by atoms with Crippen molar-refractivity contribution >= 4 is 28.3 Å². The Morgan fingerprint density at radius 3 is 2.62 bits per heavy atom. The van der Waals surface area contributed by atoms with E-state index in [2.05, 4.69) is 5.32 Å². The number of likely N-dealkylation sites (tertiary alicyclic amines) is 1.